The first-order valence-corrected chi connectivity index (χ1v) is 15.0. The van der Waals surface area contributed by atoms with Crippen molar-refractivity contribution in [2.75, 3.05) is 39.4 Å². The molecular formula is C30H37N5O11. The van der Waals surface area contributed by atoms with Crippen molar-refractivity contribution in [2.24, 2.45) is 5.92 Å². The molecule has 0 radical (unpaired) electrons. The standard InChI is InChI=1S/C30H37N5O11/c1-3-44-28(42)30(11-8-12-30)46-23-18-21(32-35(23)19-9-6-5-7-10-19)24(36)31-22(17-20(26(38)39)27(40)41)25(37)33-13-15-34(16-14-33)29(43)45-4-2/h5-7,9-10,18,20,22H,3-4,8,11-17H2,1-2H3,(H,31,36)(H,38,39)(H,40,41). The summed E-state index contributed by atoms with van der Waals surface area (Å²) in [7, 11) is 0. The molecule has 3 N–H and O–H groups in total. The topological polar surface area (TPSA) is 207 Å². The molecule has 1 saturated heterocycles. The molecule has 2 aromatic rings. The number of carboxylic acid groups (broad SMARTS) is 2. The molecule has 16 heteroatoms. The van der Waals surface area contributed by atoms with Crippen LogP contribution in [0.15, 0.2) is 36.4 Å². The van der Waals surface area contributed by atoms with Crippen LogP contribution in [0.25, 0.3) is 5.69 Å². The van der Waals surface area contributed by atoms with E-state index in [9.17, 15) is 39.0 Å². The molecule has 248 valence electrons. The Kier molecular flexibility index (Phi) is 10.8. The number of aliphatic carboxylic acids is 2. The van der Waals surface area contributed by atoms with E-state index in [2.05, 4.69) is 10.4 Å². The largest absolute Gasteiger partial charge is 0.481 e. The predicted molar refractivity (Wildman–Crippen MR) is 157 cm³/mol. The summed E-state index contributed by atoms with van der Waals surface area (Å²) in [6.07, 6.45) is 0.202. The van der Waals surface area contributed by atoms with Gasteiger partial charge < -0.3 is 39.5 Å². The minimum atomic E-state index is -2.00. The fraction of sp³-hybridized carbons (Fsp3) is 0.500. The number of nitrogens with one attached hydrogen (secondary N) is 1. The Balaban J connectivity index is 1.61. The van der Waals surface area contributed by atoms with Gasteiger partial charge in [0.2, 0.25) is 17.4 Å². The van der Waals surface area contributed by atoms with Crippen LogP contribution in [-0.2, 0) is 28.7 Å². The summed E-state index contributed by atoms with van der Waals surface area (Å²) in [6, 6.07) is 8.36. The highest BCUT2D eigenvalue weighted by Crippen LogP contribution is 2.38. The van der Waals surface area contributed by atoms with Gasteiger partial charge in [0.15, 0.2) is 11.6 Å². The number of carboxylic acids is 2. The molecule has 1 unspecified atom stereocenters. The number of ether oxygens (including phenoxy) is 3. The molecule has 4 rings (SSSR count). The molecule has 1 aliphatic carbocycles. The molecule has 2 heterocycles. The summed E-state index contributed by atoms with van der Waals surface area (Å²) in [4.78, 5) is 78.3. The van der Waals surface area contributed by atoms with Crippen LogP contribution in [-0.4, -0.2) is 117 Å². The lowest BCUT2D eigenvalue weighted by Crippen LogP contribution is -2.56. The molecule has 1 aromatic heterocycles. The van der Waals surface area contributed by atoms with Gasteiger partial charge in [0, 0.05) is 38.7 Å². The second-order valence-electron chi connectivity index (χ2n) is 10.8. The summed E-state index contributed by atoms with van der Waals surface area (Å²) < 4.78 is 17.7. The van der Waals surface area contributed by atoms with Crippen LogP contribution < -0.4 is 10.1 Å². The first-order valence-electron chi connectivity index (χ1n) is 15.0. The van der Waals surface area contributed by atoms with E-state index in [0.29, 0.717) is 18.5 Å². The maximum Gasteiger partial charge on any atom is 0.409 e. The molecule has 46 heavy (non-hydrogen) atoms. The van der Waals surface area contributed by atoms with Crippen molar-refractivity contribution >= 4 is 35.8 Å². The number of carbonyl (C=O) groups is 6. The fourth-order valence-corrected chi connectivity index (χ4v) is 5.15. The Bertz CT molecular complexity index is 1430. The molecule has 16 nitrogen and oxygen atoms in total. The van der Waals surface area contributed by atoms with E-state index in [0.717, 1.165) is 6.42 Å². The Morgan fingerprint density at radius 2 is 1.52 bits per heavy atom. The lowest BCUT2D eigenvalue weighted by molar-refractivity contribution is -0.170. The Labute approximate surface area is 264 Å². The summed E-state index contributed by atoms with van der Waals surface area (Å²) in [5.41, 5.74) is -1.00. The molecule has 1 atom stereocenters. The van der Waals surface area contributed by atoms with E-state index in [-0.39, 0.29) is 51.0 Å². The van der Waals surface area contributed by atoms with E-state index in [1.165, 1.54) is 20.5 Å². The maximum atomic E-state index is 13.6. The van der Waals surface area contributed by atoms with Crippen LogP contribution >= 0.6 is 0 Å². The molecule has 1 aromatic carbocycles. The quantitative estimate of drug-likeness (QED) is 0.209. The highest BCUT2D eigenvalue weighted by Gasteiger charge is 2.49. The van der Waals surface area contributed by atoms with Gasteiger partial charge in [-0.15, -0.1) is 0 Å². The monoisotopic (exact) mass is 643 g/mol. The Hall–Kier alpha value is -5.15. The molecule has 0 spiro atoms. The minimum absolute atomic E-state index is 0.0470. The number of nitrogens with zero attached hydrogens (tertiary/aromatic N) is 4. The molecule has 2 aliphatic rings. The molecule has 2 fully saturated rings. The van der Waals surface area contributed by atoms with Crippen LogP contribution in [0.2, 0.25) is 0 Å². The molecule has 1 saturated carbocycles. The van der Waals surface area contributed by atoms with Gasteiger partial charge in [0.25, 0.3) is 5.91 Å². The van der Waals surface area contributed by atoms with Gasteiger partial charge in [-0.3, -0.25) is 19.2 Å². The second kappa shape index (κ2) is 14.8. The number of aromatic nitrogens is 2. The number of esters is 1. The lowest BCUT2D eigenvalue weighted by atomic mass is 9.80. The van der Waals surface area contributed by atoms with Crippen molar-refractivity contribution in [3.63, 3.8) is 0 Å². The number of rotatable bonds is 13. The third-order valence-electron chi connectivity index (χ3n) is 7.81. The summed E-state index contributed by atoms with van der Waals surface area (Å²) >= 11 is 0. The number of para-hydroxylation sites is 1. The number of amides is 3. The van der Waals surface area contributed by atoms with Crippen LogP contribution in [0.3, 0.4) is 0 Å². The van der Waals surface area contributed by atoms with Crippen molar-refractivity contribution in [3.8, 4) is 11.6 Å². The summed E-state index contributed by atoms with van der Waals surface area (Å²) in [6.45, 7) is 4.00. The third kappa shape index (κ3) is 7.55. The average Bonchev–Trinajstić information content (AvgIpc) is 3.44. The van der Waals surface area contributed by atoms with Crippen molar-refractivity contribution in [1.29, 1.82) is 0 Å². The van der Waals surface area contributed by atoms with Gasteiger partial charge in [0.1, 0.15) is 6.04 Å². The number of piperazine rings is 1. The van der Waals surface area contributed by atoms with E-state index in [4.69, 9.17) is 14.2 Å². The first kappa shape index (κ1) is 33.7. The van der Waals surface area contributed by atoms with E-state index < -0.39 is 59.8 Å². The van der Waals surface area contributed by atoms with Crippen LogP contribution in [0.5, 0.6) is 5.88 Å². The van der Waals surface area contributed by atoms with Crippen LogP contribution in [0.4, 0.5) is 4.79 Å². The molecule has 1 aliphatic heterocycles. The summed E-state index contributed by atoms with van der Waals surface area (Å²) in [5.74, 6) is -7.48. The second-order valence-corrected chi connectivity index (χ2v) is 10.8. The van der Waals surface area contributed by atoms with Crippen molar-refractivity contribution < 1.29 is 53.2 Å². The highest BCUT2D eigenvalue weighted by atomic mass is 16.6. The van der Waals surface area contributed by atoms with E-state index in [1.807, 2.05) is 0 Å². The van der Waals surface area contributed by atoms with Gasteiger partial charge in [-0.05, 0) is 45.2 Å². The van der Waals surface area contributed by atoms with Gasteiger partial charge in [-0.2, -0.15) is 5.10 Å². The van der Waals surface area contributed by atoms with Gasteiger partial charge in [-0.1, -0.05) is 18.2 Å². The first-order chi connectivity index (χ1) is 22.0. The average molecular weight is 644 g/mol. The number of hydrogen-bond acceptors (Lipinski definition) is 10. The highest BCUT2D eigenvalue weighted by molar-refractivity contribution is 5.98. The summed E-state index contributed by atoms with van der Waals surface area (Å²) in [5, 5.41) is 25.9. The Morgan fingerprint density at radius 3 is 2.07 bits per heavy atom. The normalized spacial score (nSPS) is 16.2. The zero-order valence-electron chi connectivity index (χ0n) is 25.5. The minimum Gasteiger partial charge on any atom is -0.481 e. The molecule has 0 bridgehead atoms. The van der Waals surface area contributed by atoms with Crippen LogP contribution in [0, 0.1) is 5.92 Å². The van der Waals surface area contributed by atoms with Crippen molar-refractivity contribution in [1.82, 2.24) is 24.9 Å². The van der Waals surface area contributed by atoms with Crippen molar-refractivity contribution in [2.45, 2.75) is 51.2 Å². The van der Waals surface area contributed by atoms with E-state index in [1.54, 1.807) is 44.2 Å². The van der Waals surface area contributed by atoms with Gasteiger partial charge in [0.05, 0.1) is 18.9 Å². The zero-order valence-corrected chi connectivity index (χ0v) is 25.5. The van der Waals surface area contributed by atoms with E-state index >= 15 is 0 Å². The predicted octanol–water partition coefficient (Wildman–Crippen LogP) is 1.31. The van der Waals surface area contributed by atoms with Gasteiger partial charge >= 0.3 is 24.0 Å². The SMILES string of the molecule is CCOC(=O)N1CCN(C(=O)C(CC(C(=O)O)C(=O)O)NC(=O)c2cc(OC3(C(=O)OCC)CCC3)n(-c3ccccc3)n2)CC1. The number of hydrogen-bond donors (Lipinski definition) is 3. The lowest BCUT2D eigenvalue weighted by Gasteiger charge is -2.38. The molecule has 3 amide bonds. The number of benzene rings is 1. The maximum absolute atomic E-state index is 13.6. The third-order valence-corrected chi connectivity index (χ3v) is 7.81. The number of carbonyl (C=O) groups excluding carboxylic acids is 4. The Morgan fingerprint density at radius 1 is 0.913 bits per heavy atom. The van der Waals surface area contributed by atoms with Gasteiger partial charge in [-0.25, -0.2) is 14.3 Å². The molecular weight excluding hydrogens is 606 g/mol. The zero-order chi connectivity index (χ0) is 33.4. The van der Waals surface area contributed by atoms with Crippen molar-refractivity contribution in [3.05, 3.63) is 42.1 Å². The smallest absolute Gasteiger partial charge is 0.409 e. The van der Waals surface area contributed by atoms with Crippen LogP contribution in [0.1, 0.15) is 50.0 Å². The fourth-order valence-electron chi connectivity index (χ4n) is 5.15.